The van der Waals surface area contributed by atoms with Crippen LogP contribution >= 0.6 is 0 Å². The van der Waals surface area contributed by atoms with Crippen LogP contribution in [0.1, 0.15) is 6.92 Å². The highest BCUT2D eigenvalue weighted by Crippen LogP contribution is 2.31. The highest BCUT2D eigenvalue weighted by molar-refractivity contribution is 6.21. The van der Waals surface area contributed by atoms with E-state index in [1.165, 1.54) is 29.2 Å². The van der Waals surface area contributed by atoms with E-state index in [4.69, 9.17) is 4.74 Å². The molecule has 20 heavy (non-hydrogen) atoms. The summed E-state index contributed by atoms with van der Waals surface area (Å²) in [5, 5.41) is 10.6. The number of nitrogens with zero attached hydrogens (tertiary/aromatic N) is 3. The topological polar surface area (TPSA) is 93.0 Å². The molecule has 104 valence electrons. The van der Waals surface area contributed by atoms with Gasteiger partial charge in [-0.2, -0.15) is 0 Å². The number of nitro benzene ring substituents is 1. The molecule has 2 aliphatic rings. The Morgan fingerprint density at radius 2 is 1.95 bits per heavy atom. The number of fused-ring (bicyclic) bond motifs is 1. The SMILES string of the molecule is CC1OC[C@@H]2C(=O)N(c3ccc([N+](=O)[O-])cc3)C(=O)N12. The van der Waals surface area contributed by atoms with Crippen LogP contribution in [0.4, 0.5) is 16.2 Å². The van der Waals surface area contributed by atoms with E-state index < -0.39 is 23.2 Å². The zero-order valence-electron chi connectivity index (χ0n) is 10.6. The molecule has 8 nitrogen and oxygen atoms in total. The van der Waals surface area contributed by atoms with Gasteiger partial charge in [0.05, 0.1) is 17.2 Å². The zero-order valence-corrected chi connectivity index (χ0v) is 10.6. The van der Waals surface area contributed by atoms with Crippen molar-refractivity contribution in [2.24, 2.45) is 0 Å². The maximum absolute atomic E-state index is 12.2. The quantitative estimate of drug-likeness (QED) is 0.458. The Balaban J connectivity index is 1.93. The summed E-state index contributed by atoms with van der Waals surface area (Å²) < 4.78 is 5.26. The van der Waals surface area contributed by atoms with Crippen LogP contribution in [0.3, 0.4) is 0 Å². The Labute approximate surface area is 113 Å². The number of hydrogen-bond donors (Lipinski definition) is 0. The number of amides is 3. The third-order valence-corrected chi connectivity index (χ3v) is 3.46. The van der Waals surface area contributed by atoms with Crippen molar-refractivity contribution in [3.05, 3.63) is 34.4 Å². The monoisotopic (exact) mass is 277 g/mol. The summed E-state index contributed by atoms with van der Waals surface area (Å²) in [6, 6.07) is 4.24. The second kappa shape index (κ2) is 4.27. The molecular formula is C12H11N3O5. The van der Waals surface area contributed by atoms with Crippen molar-refractivity contribution in [1.82, 2.24) is 4.90 Å². The van der Waals surface area contributed by atoms with Gasteiger partial charge in [0.25, 0.3) is 11.6 Å². The third kappa shape index (κ3) is 1.65. The number of ether oxygens (including phenoxy) is 1. The number of non-ortho nitro benzene ring substituents is 1. The van der Waals surface area contributed by atoms with Crippen molar-refractivity contribution in [1.29, 1.82) is 0 Å². The maximum atomic E-state index is 12.2. The van der Waals surface area contributed by atoms with E-state index in [1.54, 1.807) is 6.92 Å². The minimum Gasteiger partial charge on any atom is -0.356 e. The van der Waals surface area contributed by atoms with Crippen molar-refractivity contribution in [3.63, 3.8) is 0 Å². The molecular weight excluding hydrogens is 266 g/mol. The first-order valence-electron chi connectivity index (χ1n) is 6.03. The fourth-order valence-corrected chi connectivity index (χ4v) is 2.44. The number of carbonyl (C=O) groups excluding carboxylic acids is 2. The van der Waals surface area contributed by atoms with E-state index in [0.29, 0.717) is 5.69 Å². The van der Waals surface area contributed by atoms with Crippen molar-refractivity contribution >= 4 is 23.3 Å². The number of carbonyl (C=O) groups is 2. The van der Waals surface area contributed by atoms with Gasteiger partial charge in [0, 0.05) is 12.1 Å². The Morgan fingerprint density at radius 3 is 2.50 bits per heavy atom. The molecule has 0 N–H and O–H groups in total. The largest absolute Gasteiger partial charge is 0.356 e. The molecule has 0 aromatic heterocycles. The third-order valence-electron chi connectivity index (χ3n) is 3.46. The van der Waals surface area contributed by atoms with Gasteiger partial charge >= 0.3 is 6.03 Å². The van der Waals surface area contributed by atoms with E-state index in [-0.39, 0.29) is 18.2 Å². The summed E-state index contributed by atoms with van der Waals surface area (Å²) in [6.45, 7) is 1.87. The van der Waals surface area contributed by atoms with E-state index in [1.807, 2.05) is 0 Å². The standard InChI is InChI=1S/C12H11N3O5/c1-7-13-10(6-20-7)11(16)14(12(13)17)8-2-4-9(5-3-8)15(18)19/h2-5,7,10H,6H2,1H3/t7?,10-/m1/s1. The van der Waals surface area contributed by atoms with Crippen molar-refractivity contribution in [2.75, 3.05) is 11.5 Å². The van der Waals surface area contributed by atoms with Gasteiger partial charge in [-0.05, 0) is 19.1 Å². The van der Waals surface area contributed by atoms with Crippen LogP contribution in [0.5, 0.6) is 0 Å². The normalized spacial score (nSPS) is 25.2. The lowest BCUT2D eigenvalue weighted by atomic mass is 10.2. The average molecular weight is 277 g/mol. The van der Waals surface area contributed by atoms with E-state index >= 15 is 0 Å². The molecule has 3 rings (SSSR count). The molecule has 2 saturated heterocycles. The van der Waals surface area contributed by atoms with Crippen LogP contribution in [-0.2, 0) is 9.53 Å². The number of benzene rings is 1. The zero-order chi connectivity index (χ0) is 14.4. The van der Waals surface area contributed by atoms with E-state index in [0.717, 1.165) is 4.90 Å². The van der Waals surface area contributed by atoms with Crippen molar-refractivity contribution < 1.29 is 19.2 Å². The molecule has 2 heterocycles. The first-order chi connectivity index (χ1) is 9.50. The predicted molar refractivity (Wildman–Crippen MR) is 67.0 cm³/mol. The number of nitro groups is 1. The predicted octanol–water partition coefficient (Wildman–Crippen LogP) is 1.11. The molecule has 2 fully saturated rings. The molecule has 3 amide bonds. The molecule has 1 aromatic carbocycles. The van der Waals surface area contributed by atoms with Crippen LogP contribution in [0.25, 0.3) is 0 Å². The second-order valence-electron chi connectivity index (χ2n) is 4.59. The Hall–Kier alpha value is -2.48. The molecule has 2 aliphatic heterocycles. The molecule has 0 bridgehead atoms. The number of rotatable bonds is 2. The van der Waals surface area contributed by atoms with Gasteiger partial charge in [-0.1, -0.05) is 0 Å². The molecule has 0 aliphatic carbocycles. The fraction of sp³-hybridized carbons (Fsp3) is 0.333. The molecule has 0 radical (unpaired) electrons. The Kier molecular flexibility index (Phi) is 2.68. The summed E-state index contributed by atoms with van der Waals surface area (Å²) in [7, 11) is 0. The second-order valence-corrected chi connectivity index (χ2v) is 4.59. The summed E-state index contributed by atoms with van der Waals surface area (Å²) in [4.78, 5) is 36.9. The fourth-order valence-electron chi connectivity index (χ4n) is 2.44. The van der Waals surface area contributed by atoms with E-state index in [2.05, 4.69) is 0 Å². The lowest BCUT2D eigenvalue weighted by molar-refractivity contribution is -0.384. The molecule has 1 unspecified atom stereocenters. The van der Waals surface area contributed by atoms with Crippen LogP contribution < -0.4 is 4.90 Å². The number of imide groups is 1. The van der Waals surface area contributed by atoms with Gasteiger partial charge < -0.3 is 4.74 Å². The minimum absolute atomic E-state index is 0.0925. The summed E-state index contributed by atoms with van der Waals surface area (Å²) in [5.74, 6) is -0.367. The van der Waals surface area contributed by atoms with Gasteiger partial charge in [-0.15, -0.1) is 0 Å². The summed E-state index contributed by atoms with van der Waals surface area (Å²) in [6.07, 6.45) is -0.445. The van der Waals surface area contributed by atoms with Crippen LogP contribution in [0, 0.1) is 10.1 Å². The van der Waals surface area contributed by atoms with Crippen LogP contribution in [0.15, 0.2) is 24.3 Å². The molecule has 0 spiro atoms. The van der Waals surface area contributed by atoms with Gasteiger partial charge in [0.1, 0.15) is 12.3 Å². The van der Waals surface area contributed by atoms with Gasteiger partial charge in [-0.25, -0.2) is 9.69 Å². The molecule has 1 aromatic rings. The van der Waals surface area contributed by atoms with Gasteiger partial charge in [-0.3, -0.25) is 19.8 Å². The number of hydrogen-bond acceptors (Lipinski definition) is 5. The average Bonchev–Trinajstić information content (AvgIpc) is 2.91. The van der Waals surface area contributed by atoms with Crippen LogP contribution in [-0.4, -0.2) is 40.6 Å². The minimum atomic E-state index is -0.604. The molecule has 8 heteroatoms. The van der Waals surface area contributed by atoms with Gasteiger partial charge in [0.15, 0.2) is 0 Å². The van der Waals surface area contributed by atoms with Crippen molar-refractivity contribution in [2.45, 2.75) is 19.2 Å². The van der Waals surface area contributed by atoms with Gasteiger partial charge in [0.2, 0.25) is 0 Å². The Morgan fingerprint density at radius 1 is 1.30 bits per heavy atom. The van der Waals surface area contributed by atoms with Crippen molar-refractivity contribution in [3.8, 4) is 0 Å². The summed E-state index contributed by atoms with van der Waals surface area (Å²) >= 11 is 0. The van der Waals surface area contributed by atoms with E-state index in [9.17, 15) is 19.7 Å². The Bertz CT molecular complexity index is 600. The molecule has 2 atom stereocenters. The first kappa shape index (κ1) is 12.5. The summed E-state index contributed by atoms with van der Waals surface area (Å²) in [5.41, 5.74) is 0.234. The highest BCUT2D eigenvalue weighted by Gasteiger charge is 2.51. The first-order valence-corrected chi connectivity index (χ1v) is 6.03. The number of anilines is 1. The lowest BCUT2D eigenvalue weighted by Crippen LogP contribution is -2.37. The molecule has 0 saturated carbocycles. The number of urea groups is 1. The highest BCUT2D eigenvalue weighted by atomic mass is 16.6. The lowest BCUT2D eigenvalue weighted by Gasteiger charge is -2.18. The smallest absolute Gasteiger partial charge is 0.334 e. The van der Waals surface area contributed by atoms with Crippen LogP contribution in [0.2, 0.25) is 0 Å². The maximum Gasteiger partial charge on any atom is 0.334 e.